The van der Waals surface area contributed by atoms with Crippen LogP contribution in [0.15, 0.2) is 334 Å². The molecule has 11 aromatic rings. The molecule has 12 rings (SSSR count). The highest BCUT2D eigenvalue weighted by atomic mass is 35.7. The number of halogens is 1. The first-order valence-electron chi connectivity index (χ1n) is 31.1. The Morgan fingerprint density at radius 3 is 0.854 bits per heavy atom. The normalized spacial score (nSPS) is 13.5. The van der Waals surface area contributed by atoms with Gasteiger partial charge in [0.2, 0.25) is 0 Å². The molecule has 2 atom stereocenters. The molecular formula is C84H83ClN2P2. The lowest BCUT2D eigenvalue weighted by Crippen LogP contribution is -2.26. The fourth-order valence-electron chi connectivity index (χ4n) is 11.7. The summed E-state index contributed by atoms with van der Waals surface area (Å²) in [6.07, 6.45) is 10.2. The molecule has 2 unspecified atom stereocenters. The van der Waals surface area contributed by atoms with E-state index < -0.39 is 15.3 Å². The van der Waals surface area contributed by atoms with Gasteiger partial charge in [-0.3, -0.25) is 0 Å². The Morgan fingerprint density at radius 2 is 0.573 bits per heavy atom. The van der Waals surface area contributed by atoms with Gasteiger partial charge in [0.1, 0.15) is 0 Å². The molecule has 89 heavy (non-hydrogen) atoms. The summed E-state index contributed by atoms with van der Waals surface area (Å²) in [5, 5.41) is 7.33. The molecular weight excluding hydrogens is 1130 g/mol. The molecule has 0 saturated heterocycles. The lowest BCUT2D eigenvalue weighted by atomic mass is 9.78. The lowest BCUT2D eigenvalue weighted by Gasteiger charge is -2.39. The highest BCUT2D eigenvalue weighted by Crippen LogP contribution is 2.54. The summed E-state index contributed by atoms with van der Waals surface area (Å²) in [6.45, 7) is 18.4. The summed E-state index contributed by atoms with van der Waals surface area (Å²) in [5.74, 6) is 0. The molecule has 0 fully saturated rings. The maximum atomic E-state index is 6.40. The van der Waals surface area contributed by atoms with Crippen molar-refractivity contribution >= 4 is 65.3 Å². The Balaban J connectivity index is 0.000000167. The number of hydrogen-bond acceptors (Lipinski definition) is 2. The monoisotopic (exact) mass is 1220 g/mol. The highest BCUT2D eigenvalue weighted by Gasteiger charge is 2.32. The van der Waals surface area contributed by atoms with Crippen LogP contribution < -0.4 is 25.9 Å². The van der Waals surface area contributed by atoms with Crippen LogP contribution >= 0.6 is 26.6 Å². The van der Waals surface area contributed by atoms with Gasteiger partial charge in [-0.05, 0) is 115 Å². The van der Waals surface area contributed by atoms with Crippen molar-refractivity contribution in [3.63, 3.8) is 0 Å². The van der Waals surface area contributed by atoms with Crippen LogP contribution in [0.1, 0.15) is 106 Å². The van der Waals surface area contributed by atoms with E-state index in [-0.39, 0.29) is 21.7 Å². The average molecular weight is 1220 g/mol. The van der Waals surface area contributed by atoms with E-state index in [9.17, 15) is 0 Å². The predicted octanol–water partition coefficient (Wildman–Crippen LogP) is 22.4. The first-order chi connectivity index (χ1) is 43.1. The van der Waals surface area contributed by atoms with Gasteiger partial charge in [-0.1, -0.05) is 352 Å². The smallest absolute Gasteiger partial charge is 0.0524 e. The molecule has 0 aliphatic heterocycles. The van der Waals surface area contributed by atoms with Crippen molar-refractivity contribution in [1.82, 2.24) is 0 Å². The largest absolute Gasteiger partial charge is 0.356 e. The maximum absolute atomic E-state index is 6.40. The van der Waals surface area contributed by atoms with Gasteiger partial charge in [-0.2, -0.15) is 0 Å². The van der Waals surface area contributed by atoms with E-state index in [1.165, 1.54) is 71.8 Å². The first kappa shape index (κ1) is 63.7. The fourth-order valence-corrected chi connectivity index (χ4v) is 16.3. The highest BCUT2D eigenvalue weighted by molar-refractivity contribution is 7.95. The predicted molar refractivity (Wildman–Crippen MR) is 390 cm³/mol. The van der Waals surface area contributed by atoms with Crippen LogP contribution in [0.3, 0.4) is 0 Å². The second-order valence-corrected chi connectivity index (χ2v) is 29.8. The van der Waals surface area contributed by atoms with Gasteiger partial charge in [0.25, 0.3) is 0 Å². The molecule has 0 aromatic heterocycles. The van der Waals surface area contributed by atoms with E-state index in [0.29, 0.717) is 5.66 Å². The van der Waals surface area contributed by atoms with E-state index >= 15 is 0 Å². The van der Waals surface area contributed by atoms with Crippen LogP contribution in [0.25, 0.3) is 0 Å². The molecule has 0 heterocycles. The molecule has 1 N–H and O–H groups in total. The molecule has 5 heteroatoms. The number of nitrogens with one attached hydrogen (secondary N) is 1. The molecule has 446 valence electrons. The van der Waals surface area contributed by atoms with Gasteiger partial charge < -0.3 is 9.99 Å². The van der Waals surface area contributed by atoms with Gasteiger partial charge in [-0.15, -0.1) is 0 Å². The second kappa shape index (κ2) is 29.3. The minimum absolute atomic E-state index is 0.0234. The molecule has 2 nitrogen and oxygen atoms in total. The molecule has 0 spiro atoms. The number of hydrogen-bond donors (Lipinski definition) is 1. The standard InChI is InChI=1S/C42H42NP.C30H31N.C12H10ClP/c1-41(2,33-17-9-5-10-18-33)35-25-29-37(30-26-35)43(44(39-21-13-7-14-22-39)40-23-15-8-16-24-40)38-31-27-36(28-32-38)42(3,4)34-19-11-6-12-20-34;1-29(2,23-11-7-5-8-12-23)25-15-19-27(20-16-25)31-28-21-17-26(18-22-28)30(3,4)24-13-9-6-10-14-24;13-14(11-7-3-1-4-8-11)12-9-5-2-6-10-12/h5-23,25-32,40H,24H2,1-4H3;5-22,31H,1-4H3;1-10H. The van der Waals surface area contributed by atoms with Crippen molar-refractivity contribution in [3.8, 4) is 0 Å². The number of allylic oxidation sites excluding steroid dienone is 4. The van der Waals surface area contributed by atoms with Gasteiger partial charge in [0.15, 0.2) is 0 Å². The van der Waals surface area contributed by atoms with Gasteiger partial charge >= 0.3 is 0 Å². The second-order valence-electron chi connectivity index (χ2n) is 24.9. The van der Waals surface area contributed by atoms with Gasteiger partial charge in [-0.25, -0.2) is 0 Å². The maximum Gasteiger partial charge on any atom is 0.0524 e. The van der Waals surface area contributed by atoms with Crippen LogP contribution in [0, 0.1) is 0 Å². The average Bonchev–Trinajstić information content (AvgIpc) is 2.43. The summed E-state index contributed by atoms with van der Waals surface area (Å²) in [6, 6.07) is 111. The molecule has 0 amide bonds. The zero-order chi connectivity index (χ0) is 62.3. The summed E-state index contributed by atoms with van der Waals surface area (Å²) < 4.78 is 2.62. The summed E-state index contributed by atoms with van der Waals surface area (Å²) in [5.41, 5.74) is 15.4. The van der Waals surface area contributed by atoms with E-state index in [4.69, 9.17) is 11.2 Å². The topological polar surface area (TPSA) is 15.3 Å². The lowest BCUT2D eigenvalue weighted by molar-refractivity contribution is 0.640. The molecule has 1 aliphatic rings. The van der Waals surface area contributed by atoms with Crippen LogP contribution in [0.4, 0.5) is 22.7 Å². The van der Waals surface area contributed by atoms with Crippen molar-refractivity contribution < 1.29 is 0 Å². The Morgan fingerprint density at radius 1 is 0.315 bits per heavy atom. The molecule has 0 bridgehead atoms. The fraction of sp³-hybridized carbons (Fsp3) is 0.167. The van der Waals surface area contributed by atoms with E-state index in [0.717, 1.165) is 17.8 Å². The quantitative estimate of drug-likeness (QED) is 0.0914. The zero-order valence-corrected chi connectivity index (χ0v) is 55.3. The van der Waals surface area contributed by atoms with E-state index in [2.05, 4.69) is 363 Å². The van der Waals surface area contributed by atoms with Crippen molar-refractivity contribution in [2.24, 2.45) is 0 Å². The number of anilines is 4. The number of nitrogens with zero attached hydrogens (tertiary/aromatic N) is 1. The van der Waals surface area contributed by atoms with Crippen LogP contribution in [0.2, 0.25) is 0 Å². The van der Waals surface area contributed by atoms with E-state index in [1.54, 1.807) is 0 Å². The van der Waals surface area contributed by atoms with Crippen molar-refractivity contribution in [1.29, 1.82) is 0 Å². The van der Waals surface area contributed by atoms with Crippen molar-refractivity contribution in [2.75, 3.05) is 9.99 Å². The third kappa shape index (κ3) is 15.6. The summed E-state index contributed by atoms with van der Waals surface area (Å²) >= 11 is 6.40. The Bertz CT molecular complexity index is 3740. The van der Waals surface area contributed by atoms with Crippen LogP contribution in [-0.2, 0) is 21.7 Å². The third-order valence-corrected chi connectivity index (χ3v) is 23.0. The number of benzene rings is 11. The third-order valence-electron chi connectivity index (χ3n) is 17.6. The molecule has 11 aromatic carbocycles. The van der Waals surface area contributed by atoms with E-state index in [1.807, 2.05) is 36.4 Å². The summed E-state index contributed by atoms with van der Waals surface area (Å²) in [4.78, 5) is 0. The van der Waals surface area contributed by atoms with Crippen molar-refractivity contribution in [3.05, 3.63) is 378 Å². The van der Waals surface area contributed by atoms with Crippen molar-refractivity contribution in [2.45, 2.75) is 89.1 Å². The molecule has 1 aliphatic carbocycles. The minimum Gasteiger partial charge on any atom is -0.356 e. The van der Waals surface area contributed by atoms with Crippen LogP contribution in [-0.4, -0.2) is 5.66 Å². The van der Waals surface area contributed by atoms with Crippen LogP contribution in [0.5, 0.6) is 0 Å². The zero-order valence-electron chi connectivity index (χ0n) is 52.8. The Hall–Kier alpha value is -8.35. The summed E-state index contributed by atoms with van der Waals surface area (Å²) in [7, 11) is -1.46. The first-order valence-corrected chi connectivity index (χ1v) is 34.7. The Labute approximate surface area is 539 Å². The Kier molecular flexibility index (Phi) is 21.0. The molecule has 0 saturated carbocycles. The van der Waals surface area contributed by atoms with Gasteiger partial charge in [0.05, 0.1) is 7.27 Å². The SMILES string of the molecule is CC(C)(c1ccccc1)c1ccc(N(c2ccc(C(C)(C)c3ccccc3)cc2)P(c2ccccc2)C2C=CC=CC2)cc1.CC(C)(c1ccccc1)c1ccc(Nc2ccc(C(C)(C)c3ccccc3)cc2)cc1.ClP(c1ccccc1)c1ccccc1. The number of rotatable bonds is 17. The molecule has 0 radical (unpaired) electrons. The van der Waals surface area contributed by atoms with Gasteiger partial charge in [0, 0.05) is 58.1 Å². The minimum atomic E-state index is -0.758.